The Hall–Kier alpha value is -1.28. The van der Waals surface area contributed by atoms with Gasteiger partial charge in [-0.05, 0) is 68.5 Å². The van der Waals surface area contributed by atoms with E-state index >= 15 is 0 Å². The van der Waals surface area contributed by atoms with E-state index < -0.39 is 10.0 Å². The summed E-state index contributed by atoms with van der Waals surface area (Å²) < 4.78 is 32.2. The normalized spacial score (nSPS) is 28.2. The van der Waals surface area contributed by atoms with Crippen LogP contribution in [0.3, 0.4) is 0 Å². The molecule has 2 fully saturated rings. The van der Waals surface area contributed by atoms with Gasteiger partial charge in [-0.1, -0.05) is 24.3 Å². The monoisotopic (exact) mass is 422 g/mol. The summed E-state index contributed by atoms with van der Waals surface area (Å²) >= 11 is 0. The van der Waals surface area contributed by atoms with Crippen molar-refractivity contribution in [2.45, 2.75) is 75.5 Å². The van der Waals surface area contributed by atoms with Gasteiger partial charge in [0.25, 0.3) is 0 Å². The molecule has 1 saturated heterocycles. The first kappa shape index (κ1) is 22.4. The molecule has 0 unspecified atom stereocenters. The zero-order valence-electron chi connectivity index (χ0n) is 17.3. The number of hydrogen-bond donors (Lipinski definition) is 2. The second kappa shape index (κ2) is 10.7. The fraction of sp³-hybridized carbons (Fsp3) is 0.682. The number of carbonyl (C=O) groups excluding carboxylic acids is 1. The second-order valence-electron chi connectivity index (χ2n) is 8.41. The summed E-state index contributed by atoms with van der Waals surface area (Å²) in [5.41, 5.74) is 2.68. The number of piperidine rings is 1. The van der Waals surface area contributed by atoms with Crippen LogP contribution in [0.5, 0.6) is 0 Å². The molecule has 6 nitrogen and oxygen atoms in total. The maximum atomic E-state index is 11.6. The maximum Gasteiger partial charge on any atom is 0.209 e. The summed E-state index contributed by atoms with van der Waals surface area (Å²) in [6.07, 6.45) is 9.86. The molecule has 0 spiro atoms. The van der Waals surface area contributed by atoms with Crippen molar-refractivity contribution in [1.82, 2.24) is 10.0 Å². The van der Waals surface area contributed by atoms with E-state index in [-0.39, 0.29) is 18.2 Å². The van der Waals surface area contributed by atoms with Crippen molar-refractivity contribution in [2.24, 2.45) is 0 Å². The van der Waals surface area contributed by atoms with Crippen LogP contribution in [-0.2, 0) is 26.0 Å². The highest BCUT2D eigenvalue weighted by Gasteiger charge is 2.29. The molecule has 2 N–H and O–H groups in total. The topological polar surface area (TPSA) is 84.5 Å². The van der Waals surface area contributed by atoms with E-state index in [1.54, 1.807) is 0 Å². The van der Waals surface area contributed by atoms with Gasteiger partial charge in [0.2, 0.25) is 10.0 Å². The van der Waals surface area contributed by atoms with Crippen LogP contribution in [0, 0.1) is 0 Å². The summed E-state index contributed by atoms with van der Waals surface area (Å²) in [5.74, 6) is 0.533. The highest BCUT2D eigenvalue weighted by atomic mass is 32.2. The first-order valence-electron chi connectivity index (χ1n) is 10.8. The van der Waals surface area contributed by atoms with E-state index in [1.165, 1.54) is 17.4 Å². The molecule has 1 aliphatic carbocycles. The van der Waals surface area contributed by atoms with Crippen molar-refractivity contribution >= 4 is 16.3 Å². The van der Waals surface area contributed by atoms with Crippen molar-refractivity contribution in [3.63, 3.8) is 0 Å². The molecule has 0 aromatic heterocycles. The molecule has 0 amide bonds. The van der Waals surface area contributed by atoms with Gasteiger partial charge >= 0.3 is 0 Å². The van der Waals surface area contributed by atoms with Crippen LogP contribution in [0.4, 0.5) is 0 Å². The molecule has 2 atom stereocenters. The van der Waals surface area contributed by atoms with Gasteiger partial charge in [0.1, 0.15) is 6.29 Å². The molecule has 1 aliphatic heterocycles. The summed E-state index contributed by atoms with van der Waals surface area (Å²) in [6, 6.07) is 8.42. The number of sulfonamides is 1. The number of ether oxygens (including phenoxy) is 1. The molecule has 0 radical (unpaired) electrons. The SMILES string of the molecule is CS(=O)(=O)N[C@H]1CCCN[C@H]1COC1CCC(c2ccccc2CCC=O)CC1. The Morgan fingerprint density at radius 2 is 1.93 bits per heavy atom. The third-order valence-electron chi connectivity index (χ3n) is 6.16. The minimum Gasteiger partial charge on any atom is -0.377 e. The number of benzene rings is 1. The fourth-order valence-corrected chi connectivity index (χ4v) is 5.53. The van der Waals surface area contributed by atoms with Crippen LogP contribution in [0.15, 0.2) is 24.3 Å². The van der Waals surface area contributed by atoms with Crippen LogP contribution in [0.1, 0.15) is 62.0 Å². The highest BCUT2D eigenvalue weighted by molar-refractivity contribution is 7.88. The van der Waals surface area contributed by atoms with Gasteiger partial charge in [-0.3, -0.25) is 0 Å². The van der Waals surface area contributed by atoms with Gasteiger partial charge in [-0.2, -0.15) is 0 Å². The van der Waals surface area contributed by atoms with Crippen LogP contribution in [0.2, 0.25) is 0 Å². The molecule has 1 heterocycles. The number of carbonyl (C=O) groups is 1. The van der Waals surface area contributed by atoms with E-state index in [2.05, 4.69) is 34.3 Å². The Balaban J connectivity index is 1.49. The molecule has 1 aromatic rings. The van der Waals surface area contributed by atoms with Crippen molar-refractivity contribution in [3.05, 3.63) is 35.4 Å². The minimum atomic E-state index is -3.22. The lowest BCUT2D eigenvalue weighted by Crippen LogP contribution is -2.55. The van der Waals surface area contributed by atoms with E-state index in [0.29, 0.717) is 18.9 Å². The molecule has 3 rings (SSSR count). The van der Waals surface area contributed by atoms with E-state index in [0.717, 1.165) is 57.8 Å². The van der Waals surface area contributed by atoms with E-state index in [1.807, 2.05) is 0 Å². The first-order valence-corrected chi connectivity index (χ1v) is 12.7. The molecule has 1 aromatic carbocycles. The third-order valence-corrected chi connectivity index (χ3v) is 6.89. The summed E-state index contributed by atoms with van der Waals surface area (Å²) in [6.45, 7) is 1.44. The standard InChI is InChI=1S/C22H34N2O4S/c1-29(26,27)24-21-9-4-14-23-22(21)16-28-19-12-10-18(11-13-19)20-8-3-2-6-17(20)7-5-15-25/h2-3,6,8,15,18-19,21-24H,4-5,7,9-14,16H2,1H3/t18?,19?,21-,22-/m0/s1. The van der Waals surface area contributed by atoms with Crippen LogP contribution in [0.25, 0.3) is 0 Å². The van der Waals surface area contributed by atoms with Gasteiger partial charge in [-0.15, -0.1) is 0 Å². The molecule has 0 bridgehead atoms. The average Bonchev–Trinajstić information content (AvgIpc) is 2.71. The van der Waals surface area contributed by atoms with E-state index in [9.17, 15) is 13.2 Å². The lowest BCUT2D eigenvalue weighted by atomic mass is 9.80. The second-order valence-corrected chi connectivity index (χ2v) is 10.2. The predicted octanol–water partition coefficient (Wildman–Crippen LogP) is 2.53. The first-order chi connectivity index (χ1) is 14.0. The number of aldehydes is 1. The maximum absolute atomic E-state index is 11.6. The fourth-order valence-electron chi connectivity index (χ4n) is 4.70. The third kappa shape index (κ3) is 6.88. The summed E-state index contributed by atoms with van der Waals surface area (Å²) in [5, 5.41) is 3.41. The Kier molecular flexibility index (Phi) is 8.24. The summed E-state index contributed by atoms with van der Waals surface area (Å²) in [7, 11) is -3.22. The molecule has 29 heavy (non-hydrogen) atoms. The van der Waals surface area contributed by atoms with E-state index in [4.69, 9.17) is 4.74 Å². The molecular weight excluding hydrogens is 388 g/mol. The van der Waals surface area contributed by atoms with Gasteiger partial charge in [-0.25, -0.2) is 13.1 Å². The molecule has 1 saturated carbocycles. The minimum absolute atomic E-state index is 0.0280. The van der Waals surface area contributed by atoms with Crippen molar-refractivity contribution < 1.29 is 17.9 Å². The van der Waals surface area contributed by atoms with Crippen molar-refractivity contribution in [2.75, 3.05) is 19.4 Å². The van der Waals surface area contributed by atoms with Crippen LogP contribution < -0.4 is 10.0 Å². The van der Waals surface area contributed by atoms with Crippen LogP contribution in [-0.4, -0.2) is 52.3 Å². The Morgan fingerprint density at radius 1 is 1.17 bits per heavy atom. The van der Waals surface area contributed by atoms with Crippen LogP contribution >= 0.6 is 0 Å². The largest absolute Gasteiger partial charge is 0.377 e. The zero-order valence-corrected chi connectivity index (χ0v) is 18.1. The zero-order chi connectivity index (χ0) is 20.7. The lowest BCUT2D eigenvalue weighted by molar-refractivity contribution is -0.107. The number of nitrogens with one attached hydrogen (secondary N) is 2. The Bertz CT molecular complexity index is 760. The van der Waals surface area contributed by atoms with Gasteiger partial charge in [0, 0.05) is 18.5 Å². The highest BCUT2D eigenvalue weighted by Crippen LogP contribution is 2.36. The van der Waals surface area contributed by atoms with Gasteiger partial charge in [0.05, 0.1) is 19.0 Å². The smallest absolute Gasteiger partial charge is 0.209 e. The Morgan fingerprint density at radius 3 is 2.66 bits per heavy atom. The molecule has 162 valence electrons. The number of aryl methyl sites for hydroxylation is 1. The number of rotatable bonds is 9. The van der Waals surface area contributed by atoms with Gasteiger partial charge in [0.15, 0.2) is 0 Å². The van der Waals surface area contributed by atoms with Crippen molar-refractivity contribution in [3.8, 4) is 0 Å². The van der Waals surface area contributed by atoms with Gasteiger partial charge < -0.3 is 14.8 Å². The lowest BCUT2D eigenvalue weighted by Gasteiger charge is -2.35. The number of hydrogen-bond acceptors (Lipinski definition) is 5. The quantitative estimate of drug-likeness (QED) is 0.598. The van der Waals surface area contributed by atoms with Crippen molar-refractivity contribution in [1.29, 1.82) is 0 Å². The average molecular weight is 423 g/mol. The summed E-state index contributed by atoms with van der Waals surface area (Å²) in [4.78, 5) is 10.8. The molecule has 2 aliphatic rings. The Labute approximate surface area is 174 Å². The molecular formula is C22H34N2O4S. The molecule has 7 heteroatoms. The predicted molar refractivity (Wildman–Crippen MR) is 115 cm³/mol.